The maximum Gasteiger partial charge on any atom is 0.280 e. The van der Waals surface area contributed by atoms with Crippen LogP contribution in [0.3, 0.4) is 0 Å². The summed E-state index contributed by atoms with van der Waals surface area (Å²) >= 11 is 3.27. The zero-order valence-electron chi connectivity index (χ0n) is 12.0. The zero-order chi connectivity index (χ0) is 16.6. The molecule has 7 heteroatoms. The first-order valence-corrected chi connectivity index (χ1v) is 7.44. The number of benzene rings is 2. The fourth-order valence-electron chi connectivity index (χ4n) is 2.31. The van der Waals surface area contributed by atoms with Gasteiger partial charge in [0, 0.05) is 4.47 Å². The Morgan fingerprint density at radius 2 is 1.70 bits per heavy atom. The minimum atomic E-state index is -0.613. The number of fused-ring (bicyclic) bond motifs is 1. The van der Waals surface area contributed by atoms with E-state index in [1.807, 2.05) is 0 Å². The third-order valence-corrected chi connectivity index (χ3v) is 3.91. The number of nitrogens with zero attached hydrogens (tertiary/aromatic N) is 1. The molecule has 0 atom stereocenters. The minimum Gasteiger partial charge on any atom is -0.496 e. The second kappa shape index (κ2) is 5.85. The molecule has 0 fully saturated rings. The Balaban J connectivity index is 1.89. The number of hydrazine groups is 1. The lowest BCUT2D eigenvalue weighted by molar-refractivity contribution is 0.0517. The molecule has 3 amide bonds. The highest BCUT2D eigenvalue weighted by Crippen LogP contribution is 2.24. The van der Waals surface area contributed by atoms with Gasteiger partial charge in [0.1, 0.15) is 5.75 Å². The van der Waals surface area contributed by atoms with Crippen LogP contribution in [0.1, 0.15) is 31.1 Å². The maximum absolute atomic E-state index is 12.4. The smallest absolute Gasteiger partial charge is 0.280 e. The molecule has 0 bridgehead atoms. The molecule has 0 saturated heterocycles. The topological polar surface area (TPSA) is 75.7 Å². The van der Waals surface area contributed by atoms with E-state index in [0.717, 1.165) is 0 Å². The van der Waals surface area contributed by atoms with Gasteiger partial charge in [-0.1, -0.05) is 28.1 Å². The Hall–Kier alpha value is -2.67. The molecule has 6 nitrogen and oxygen atoms in total. The Morgan fingerprint density at radius 3 is 2.26 bits per heavy atom. The highest BCUT2D eigenvalue weighted by atomic mass is 79.9. The number of carbonyl (C=O) groups is 3. The van der Waals surface area contributed by atoms with Gasteiger partial charge in [-0.2, -0.15) is 5.01 Å². The van der Waals surface area contributed by atoms with Crippen molar-refractivity contribution in [3.05, 3.63) is 63.6 Å². The van der Waals surface area contributed by atoms with Gasteiger partial charge in [-0.15, -0.1) is 0 Å². The molecule has 0 spiro atoms. The van der Waals surface area contributed by atoms with Crippen LogP contribution in [0.15, 0.2) is 46.9 Å². The lowest BCUT2D eigenvalue weighted by Gasteiger charge is -2.16. The summed E-state index contributed by atoms with van der Waals surface area (Å²) in [5.74, 6) is -1.40. The van der Waals surface area contributed by atoms with E-state index in [0.29, 0.717) is 15.2 Å². The number of ether oxygens (including phenoxy) is 1. The van der Waals surface area contributed by atoms with Crippen LogP contribution in [0, 0.1) is 0 Å². The number of halogens is 1. The molecule has 3 rings (SSSR count). The highest BCUT2D eigenvalue weighted by Gasteiger charge is 2.36. The van der Waals surface area contributed by atoms with Crippen LogP contribution in [0.4, 0.5) is 0 Å². The van der Waals surface area contributed by atoms with Crippen LogP contribution in [0.5, 0.6) is 5.75 Å². The number of hydrogen-bond acceptors (Lipinski definition) is 4. The van der Waals surface area contributed by atoms with Crippen LogP contribution in [0.2, 0.25) is 0 Å². The normalized spacial score (nSPS) is 13.0. The largest absolute Gasteiger partial charge is 0.496 e. The van der Waals surface area contributed by atoms with Gasteiger partial charge < -0.3 is 4.74 Å². The van der Waals surface area contributed by atoms with Crippen molar-refractivity contribution in [3.63, 3.8) is 0 Å². The molecule has 2 aromatic rings. The van der Waals surface area contributed by atoms with Crippen molar-refractivity contribution >= 4 is 33.7 Å². The van der Waals surface area contributed by atoms with Crippen molar-refractivity contribution in [2.75, 3.05) is 7.11 Å². The van der Waals surface area contributed by atoms with E-state index in [1.54, 1.807) is 42.5 Å². The van der Waals surface area contributed by atoms with Crippen molar-refractivity contribution in [1.29, 1.82) is 0 Å². The first-order chi connectivity index (χ1) is 11.0. The molecule has 0 saturated carbocycles. The van der Waals surface area contributed by atoms with E-state index in [1.165, 1.54) is 7.11 Å². The summed E-state index contributed by atoms with van der Waals surface area (Å²) in [4.78, 5) is 36.9. The van der Waals surface area contributed by atoms with Crippen LogP contribution < -0.4 is 10.2 Å². The second-order valence-electron chi connectivity index (χ2n) is 4.78. The van der Waals surface area contributed by atoms with Crippen molar-refractivity contribution in [1.82, 2.24) is 10.4 Å². The minimum absolute atomic E-state index is 0.207. The van der Waals surface area contributed by atoms with Gasteiger partial charge in [0.15, 0.2) is 0 Å². The maximum atomic E-state index is 12.4. The quantitative estimate of drug-likeness (QED) is 0.836. The third-order valence-electron chi connectivity index (χ3n) is 3.41. The number of amides is 3. The van der Waals surface area contributed by atoms with Gasteiger partial charge in [0.05, 0.1) is 23.8 Å². The third kappa shape index (κ3) is 2.59. The molecule has 0 aromatic heterocycles. The number of rotatable bonds is 3. The number of methoxy groups -OCH3 is 1. The van der Waals surface area contributed by atoms with E-state index in [9.17, 15) is 14.4 Å². The summed E-state index contributed by atoms with van der Waals surface area (Å²) in [6, 6.07) is 11.3. The van der Waals surface area contributed by atoms with Crippen LogP contribution >= 0.6 is 15.9 Å². The molecule has 23 heavy (non-hydrogen) atoms. The van der Waals surface area contributed by atoms with E-state index in [2.05, 4.69) is 21.4 Å². The van der Waals surface area contributed by atoms with Gasteiger partial charge in [-0.05, 0) is 30.3 Å². The van der Waals surface area contributed by atoms with Gasteiger partial charge in [-0.3, -0.25) is 19.8 Å². The molecular weight excluding hydrogens is 364 g/mol. The Bertz CT molecular complexity index is 800. The lowest BCUT2D eigenvalue weighted by atomic mass is 10.1. The molecule has 116 valence electrons. The standard InChI is InChI=1S/C16H11BrN2O4/c1-23-13-7-6-9(17)8-12(13)14(20)18-19-15(21)10-4-2-3-5-11(10)16(19)22/h2-8H,1H3,(H,18,20). The van der Waals surface area contributed by atoms with Gasteiger partial charge in [-0.25, -0.2) is 0 Å². The Morgan fingerprint density at radius 1 is 1.09 bits per heavy atom. The lowest BCUT2D eigenvalue weighted by Crippen LogP contribution is -2.45. The fourth-order valence-corrected chi connectivity index (χ4v) is 2.67. The summed E-state index contributed by atoms with van der Waals surface area (Å²) in [7, 11) is 1.43. The Labute approximate surface area is 140 Å². The van der Waals surface area contributed by atoms with Crippen molar-refractivity contribution < 1.29 is 19.1 Å². The zero-order valence-corrected chi connectivity index (χ0v) is 13.6. The van der Waals surface area contributed by atoms with Crippen molar-refractivity contribution in [3.8, 4) is 5.75 Å². The first kappa shape index (κ1) is 15.2. The number of hydrogen-bond donors (Lipinski definition) is 1. The molecular formula is C16H11BrN2O4. The van der Waals surface area contributed by atoms with Crippen LogP contribution in [0.25, 0.3) is 0 Å². The number of carbonyl (C=O) groups excluding carboxylic acids is 3. The second-order valence-corrected chi connectivity index (χ2v) is 5.69. The summed E-state index contributed by atoms with van der Waals surface area (Å²) < 4.78 is 5.80. The summed E-state index contributed by atoms with van der Waals surface area (Å²) in [6.45, 7) is 0. The number of nitrogens with one attached hydrogen (secondary N) is 1. The van der Waals surface area contributed by atoms with E-state index < -0.39 is 17.7 Å². The van der Waals surface area contributed by atoms with Crippen molar-refractivity contribution in [2.24, 2.45) is 0 Å². The number of imide groups is 1. The van der Waals surface area contributed by atoms with Crippen LogP contribution in [-0.4, -0.2) is 29.8 Å². The molecule has 1 heterocycles. The predicted octanol–water partition coefficient (Wildman–Crippen LogP) is 2.40. The van der Waals surface area contributed by atoms with E-state index in [-0.39, 0.29) is 16.7 Å². The highest BCUT2D eigenvalue weighted by molar-refractivity contribution is 9.10. The summed E-state index contributed by atoms with van der Waals surface area (Å²) in [6.07, 6.45) is 0. The molecule has 0 radical (unpaired) electrons. The predicted molar refractivity (Wildman–Crippen MR) is 85.1 cm³/mol. The average Bonchev–Trinajstić information content (AvgIpc) is 2.80. The molecule has 0 aliphatic carbocycles. The molecule has 1 aliphatic rings. The SMILES string of the molecule is COc1ccc(Br)cc1C(=O)NN1C(=O)c2ccccc2C1=O. The Kier molecular flexibility index (Phi) is 3.87. The summed E-state index contributed by atoms with van der Waals surface area (Å²) in [5, 5.41) is 0.716. The molecule has 0 unspecified atom stereocenters. The fraction of sp³-hybridized carbons (Fsp3) is 0.0625. The molecule has 1 N–H and O–H groups in total. The van der Waals surface area contributed by atoms with Gasteiger partial charge in [0.2, 0.25) is 0 Å². The van der Waals surface area contributed by atoms with Crippen LogP contribution in [-0.2, 0) is 0 Å². The van der Waals surface area contributed by atoms with Gasteiger partial charge >= 0.3 is 0 Å². The monoisotopic (exact) mass is 374 g/mol. The van der Waals surface area contributed by atoms with E-state index >= 15 is 0 Å². The first-order valence-electron chi connectivity index (χ1n) is 6.65. The van der Waals surface area contributed by atoms with Gasteiger partial charge in [0.25, 0.3) is 17.7 Å². The molecule has 1 aliphatic heterocycles. The molecule has 2 aromatic carbocycles. The van der Waals surface area contributed by atoms with E-state index in [4.69, 9.17) is 4.74 Å². The average molecular weight is 375 g/mol. The summed E-state index contributed by atoms with van der Waals surface area (Å²) in [5.41, 5.74) is 3.07. The van der Waals surface area contributed by atoms with Crippen molar-refractivity contribution in [2.45, 2.75) is 0 Å².